The van der Waals surface area contributed by atoms with E-state index in [1.54, 1.807) is 0 Å². The predicted molar refractivity (Wildman–Crippen MR) is 69.4 cm³/mol. The van der Waals surface area contributed by atoms with Gasteiger partial charge in [-0.1, -0.05) is 44.2 Å². The van der Waals surface area contributed by atoms with E-state index in [1.165, 1.54) is 24.8 Å². The molecule has 0 aromatic heterocycles. The first-order valence-corrected chi connectivity index (χ1v) is 6.47. The highest BCUT2D eigenvalue weighted by Crippen LogP contribution is 2.41. The lowest BCUT2D eigenvalue weighted by atomic mass is 9.71. The van der Waals surface area contributed by atoms with Gasteiger partial charge < -0.3 is 5.32 Å². The van der Waals surface area contributed by atoms with E-state index < -0.39 is 0 Å². The summed E-state index contributed by atoms with van der Waals surface area (Å²) in [6.07, 6.45) is 3.93. The van der Waals surface area contributed by atoms with E-state index in [4.69, 9.17) is 0 Å². The standard InChI is InChI=1S/C15H23N/c1-12(2)13(3)16-15(10-7-11-15)14-8-5-4-6-9-14/h4-6,8-9,12-13,16H,7,10-11H2,1-3H3. The van der Waals surface area contributed by atoms with Crippen LogP contribution < -0.4 is 5.32 Å². The van der Waals surface area contributed by atoms with Crippen LogP contribution in [0.15, 0.2) is 30.3 Å². The molecule has 0 bridgehead atoms. The molecule has 1 saturated carbocycles. The highest BCUT2D eigenvalue weighted by molar-refractivity contribution is 5.27. The van der Waals surface area contributed by atoms with E-state index in [2.05, 4.69) is 56.4 Å². The normalized spacial score (nSPS) is 20.5. The number of rotatable bonds is 4. The lowest BCUT2D eigenvalue weighted by Gasteiger charge is -2.46. The zero-order chi connectivity index (χ0) is 11.6. The Morgan fingerprint density at radius 2 is 1.69 bits per heavy atom. The molecule has 1 N–H and O–H groups in total. The monoisotopic (exact) mass is 217 g/mol. The molecule has 1 nitrogen and oxygen atoms in total. The Bertz CT molecular complexity index is 325. The molecule has 0 saturated heterocycles. The highest BCUT2D eigenvalue weighted by Gasteiger charge is 2.39. The third-order valence-corrected chi connectivity index (χ3v) is 4.04. The average molecular weight is 217 g/mol. The Morgan fingerprint density at radius 3 is 2.12 bits per heavy atom. The van der Waals surface area contributed by atoms with Crippen molar-refractivity contribution < 1.29 is 0 Å². The fourth-order valence-electron chi connectivity index (χ4n) is 2.41. The summed E-state index contributed by atoms with van der Waals surface area (Å²) in [6, 6.07) is 11.5. The third-order valence-electron chi connectivity index (χ3n) is 4.04. The molecule has 1 aliphatic rings. The summed E-state index contributed by atoms with van der Waals surface area (Å²) < 4.78 is 0. The van der Waals surface area contributed by atoms with Crippen LogP contribution in [0.25, 0.3) is 0 Å². The molecular formula is C15H23N. The Balaban J connectivity index is 2.14. The Morgan fingerprint density at radius 1 is 1.06 bits per heavy atom. The quantitative estimate of drug-likeness (QED) is 0.811. The molecule has 0 spiro atoms. The van der Waals surface area contributed by atoms with Gasteiger partial charge in [-0.25, -0.2) is 0 Å². The first-order valence-electron chi connectivity index (χ1n) is 6.47. The van der Waals surface area contributed by atoms with E-state index in [0.29, 0.717) is 12.0 Å². The molecular weight excluding hydrogens is 194 g/mol. The van der Waals surface area contributed by atoms with E-state index in [1.807, 2.05) is 0 Å². The van der Waals surface area contributed by atoms with Crippen LogP contribution >= 0.6 is 0 Å². The molecule has 16 heavy (non-hydrogen) atoms. The van der Waals surface area contributed by atoms with Crippen molar-refractivity contribution >= 4 is 0 Å². The summed E-state index contributed by atoms with van der Waals surface area (Å²) >= 11 is 0. The molecule has 1 fully saturated rings. The minimum atomic E-state index is 0.269. The topological polar surface area (TPSA) is 12.0 Å². The maximum atomic E-state index is 3.85. The highest BCUT2D eigenvalue weighted by atomic mass is 15.0. The van der Waals surface area contributed by atoms with E-state index >= 15 is 0 Å². The third kappa shape index (κ3) is 2.15. The van der Waals surface area contributed by atoms with Crippen LogP contribution in [-0.2, 0) is 5.54 Å². The Kier molecular flexibility index (Phi) is 3.34. The Labute approximate surface area is 99.3 Å². The van der Waals surface area contributed by atoms with Crippen LogP contribution in [0.3, 0.4) is 0 Å². The lowest BCUT2D eigenvalue weighted by molar-refractivity contribution is 0.153. The van der Waals surface area contributed by atoms with E-state index in [9.17, 15) is 0 Å². The van der Waals surface area contributed by atoms with Gasteiger partial charge in [0.25, 0.3) is 0 Å². The van der Waals surface area contributed by atoms with Crippen LogP contribution in [0.5, 0.6) is 0 Å². The van der Waals surface area contributed by atoms with Crippen LogP contribution in [0.1, 0.15) is 45.6 Å². The summed E-state index contributed by atoms with van der Waals surface area (Å²) in [5, 5.41) is 3.85. The van der Waals surface area contributed by atoms with Crippen LogP contribution in [0, 0.1) is 5.92 Å². The van der Waals surface area contributed by atoms with Gasteiger partial charge in [0, 0.05) is 11.6 Å². The maximum Gasteiger partial charge on any atom is 0.0436 e. The fraction of sp³-hybridized carbons (Fsp3) is 0.600. The van der Waals surface area contributed by atoms with Crippen molar-refractivity contribution in [3.63, 3.8) is 0 Å². The molecule has 1 aliphatic carbocycles. The molecule has 2 rings (SSSR count). The minimum absolute atomic E-state index is 0.269. The summed E-state index contributed by atoms with van der Waals surface area (Å²) in [5.41, 5.74) is 1.74. The van der Waals surface area contributed by atoms with Gasteiger partial charge >= 0.3 is 0 Å². The van der Waals surface area contributed by atoms with Crippen molar-refractivity contribution in [2.45, 2.75) is 51.6 Å². The van der Waals surface area contributed by atoms with Gasteiger partial charge in [-0.2, -0.15) is 0 Å². The van der Waals surface area contributed by atoms with Gasteiger partial charge in [0.05, 0.1) is 0 Å². The molecule has 0 radical (unpaired) electrons. The maximum absolute atomic E-state index is 3.85. The van der Waals surface area contributed by atoms with Gasteiger partial charge in [0.15, 0.2) is 0 Å². The van der Waals surface area contributed by atoms with Crippen molar-refractivity contribution in [2.75, 3.05) is 0 Å². The first-order chi connectivity index (χ1) is 7.64. The Hall–Kier alpha value is -0.820. The second-order valence-electron chi connectivity index (χ2n) is 5.48. The second kappa shape index (κ2) is 4.58. The molecule has 88 valence electrons. The summed E-state index contributed by atoms with van der Waals surface area (Å²) in [5.74, 6) is 0.696. The predicted octanol–water partition coefficient (Wildman–Crippen LogP) is 3.70. The zero-order valence-electron chi connectivity index (χ0n) is 10.7. The smallest absolute Gasteiger partial charge is 0.0436 e. The molecule has 0 amide bonds. The number of benzene rings is 1. The molecule has 0 heterocycles. The summed E-state index contributed by atoms with van der Waals surface area (Å²) in [6.45, 7) is 6.87. The molecule has 0 aliphatic heterocycles. The number of nitrogens with one attached hydrogen (secondary N) is 1. The SMILES string of the molecule is CC(C)C(C)NC1(c2ccccc2)CCC1. The van der Waals surface area contributed by atoms with Crippen LogP contribution in [0.4, 0.5) is 0 Å². The first kappa shape index (κ1) is 11.7. The van der Waals surface area contributed by atoms with Crippen molar-refractivity contribution in [1.82, 2.24) is 5.32 Å². The van der Waals surface area contributed by atoms with Crippen LogP contribution in [-0.4, -0.2) is 6.04 Å². The average Bonchev–Trinajstić information content (AvgIpc) is 2.24. The van der Waals surface area contributed by atoms with Gasteiger partial charge in [0.2, 0.25) is 0 Å². The number of hydrogen-bond acceptors (Lipinski definition) is 1. The second-order valence-corrected chi connectivity index (χ2v) is 5.48. The number of hydrogen-bond donors (Lipinski definition) is 1. The van der Waals surface area contributed by atoms with Gasteiger partial charge in [0.1, 0.15) is 0 Å². The molecule has 1 heteroatoms. The van der Waals surface area contributed by atoms with Crippen molar-refractivity contribution in [3.8, 4) is 0 Å². The molecule has 1 atom stereocenters. The summed E-state index contributed by atoms with van der Waals surface area (Å²) in [4.78, 5) is 0. The largest absolute Gasteiger partial charge is 0.305 e. The van der Waals surface area contributed by atoms with Crippen LogP contribution in [0.2, 0.25) is 0 Å². The molecule has 1 aromatic carbocycles. The molecule has 1 aromatic rings. The van der Waals surface area contributed by atoms with Crippen molar-refractivity contribution in [3.05, 3.63) is 35.9 Å². The van der Waals surface area contributed by atoms with Gasteiger partial charge in [-0.3, -0.25) is 0 Å². The van der Waals surface area contributed by atoms with Crippen molar-refractivity contribution in [1.29, 1.82) is 0 Å². The fourth-order valence-corrected chi connectivity index (χ4v) is 2.41. The lowest BCUT2D eigenvalue weighted by Crippen LogP contribution is -2.53. The zero-order valence-corrected chi connectivity index (χ0v) is 10.7. The minimum Gasteiger partial charge on any atom is -0.305 e. The van der Waals surface area contributed by atoms with E-state index in [-0.39, 0.29) is 5.54 Å². The van der Waals surface area contributed by atoms with E-state index in [0.717, 1.165) is 0 Å². The summed E-state index contributed by atoms with van der Waals surface area (Å²) in [7, 11) is 0. The molecule has 1 unspecified atom stereocenters. The van der Waals surface area contributed by atoms with Gasteiger partial charge in [-0.15, -0.1) is 0 Å². The van der Waals surface area contributed by atoms with Crippen molar-refractivity contribution in [2.24, 2.45) is 5.92 Å². The van der Waals surface area contributed by atoms with Gasteiger partial charge in [-0.05, 0) is 37.7 Å².